The van der Waals surface area contributed by atoms with Crippen LogP contribution in [0.15, 0.2) is 64.9 Å². The van der Waals surface area contributed by atoms with Gasteiger partial charge in [-0.05, 0) is 24.3 Å². The number of fused-ring (bicyclic) bond motifs is 1. The van der Waals surface area contributed by atoms with E-state index in [0.29, 0.717) is 16.4 Å². The molecule has 1 fully saturated rings. The Morgan fingerprint density at radius 1 is 1.04 bits per heavy atom. The van der Waals surface area contributed by atoms with Gasteiger partial charge in [0.25, 0.3) is 11.8 Å². The number of imide groups is 1. The molecule has 136 valence electrons. The molecule has 0 unspecified atom stereocenters. The number of anilines is 2. The van der Waals surface area contributed by atoms with Gasteiger partial charge < -0.3 is 5.32 Å². The van der Waals surface area contributed by atoms with Crippen molar-refractivity contribution in [1.82, 2.24) is 5.01 Å². The maximum absolute atomic E-state index is 12.8. The van der Waals surface area contributed by atoms with Crippen molar-refractivity contribution < 1.29 is 14.4 Å². The topological polar surface area (TPSA) is 94.4 Å². The monoisotopic (exact) mass is 383 g/mol. The highest BCUT2D eigenvalue weighted by Gasteiger charge is 2.55. The molecule has 27 heavy (non-hydrogen) atoms. The van der Waals surface area contributed by atoms with Crippen LogP contribution in [0.4, 0.5) is 11.4 Å². The van der Waals surface area contributed by atoms with E-state index in [1.807, 2.05) is 0 Å². The molecule has 1 N–H and O–H groups in total. The van der Waals surface area contributed by atoms with Gasteiger partial charge in [0, 0.05) is 0 Å². The van der Waals surface area contributed by atoms with Crippen LogP contribution in [0.5, 0.6) is 0 Å². The average Bonchev–Trinajstić information content (AvgIpc) is 3.18. The highest BCUT2D eigenvalue weighted by atomic mass is 35.5. The first kappa shape index (κ1) is 17.2. The molecule has 2 heterocycles. The summed E-state index contributed by atoms with van der Waals surface area (Å²) in [5.41, 5.74) is 0.925. The van der Waals surface area contributed by atoms with Crippen molar-refractivity contribution in [1.29, 1.82) is 0 Å². The Balaban J connectivity index is 1.49. The molecular formula is C18H14ClN5O3. The van der Waals surface area contributed by atoms with Gasteiger partial charge in [0.2, 0.25) is 5.91 Å². The Bertz CT molecular complexity index is 949. The van der Waals surface area contributed by atoms with Gasteiger partial charge in [-0.1, -0.05) is 47.2 Å². The third-order valence-electron chi connectivity index (χ3n) is 4.33. The van der Waals surface area contributed by atoms with Crippen LogP contribution in [0.3, 0.4) is 0 Å². The number of rotatable bonds is 4. The number of carbonyl (C=O) groups excluding carboxylic acids is 3. The van der Waals surface area contributed by atoms with Gasteiger partial charge in [0.1, 0.15) is 6.54 Å². The molecule has 2 atom stereocenters. The van der Waals surface area contributed by atoms with E-state index in [4.69, 9.17) is 11.6 Å². The van der Waals surface area contributed by atoms with E-state index in [1.165, 1.54) is 5.01 Å². The van der Waals surface area contributed by atoms with E-state index < -0.39 is 29.8 Å². The van der Waals surface area contributed by atoms with Crippen LogP contribution in [0.2, 0.25) is 5.02 Å². The maximum atomic E-state index is 12.8. The minimum absolute atomic E-state index is 0.225. The molecule has 0 aromatic heterocycles. The van der Waals surface area contributed by atoms with Crippen molar-refractivity contribution in [2.24, 2.45) is 10.3 Å². The Hall–Kier alpha value is -3.26. The van der Waals surface area contributed by atoms with Crippen LogP contribution in [0.1, 0.15) is 0 Å². The summed E-state index contributed by atoms with van der Waals surface area (Å²) >= 11 is 6.03. The summed E-state index contributed by atoms with van der Waals surface area (Å²) in [5, 5.41) is 12.0. The predicted octanol–water partition coefficient (Wildman–Crippen LogP) is 2.27. The van der Waals surface area contributed by atoms with Crippen LogP contribution in [-0.4, -0.2) is 41.4 Å². The first-order valence-electron chi connectivity index (χ1n) is 8.21. The van der Waals surface area contributed by atoms with Gasteiger partial charge >= 0.3 is 0 Å². The fourth-order valence-corrected chi connectivity index (χ4v) is 3.27. The second-order valence-electron chi connectivity index (χ2n) is 6.07. The predicted molar refractivity (Wildman–Crippen MR) is 98.2 cm³/mol. The first-order chi connectivity index (χ1) is 13.1. The van der Waals surface area contributed by atoms with Crippen molar-refractivity contribution in [3.63, 3.8) is 0 Å². The van der Waals surface area contributed by atoms with Crippen LogP contribution in [0.25, 0.3) is 0 Å². The molecular weight excluding hydrogens is 370 g/mol. The van der Waals surface area contributed by atoms with Crippen molar-refractivity contribution in [3.05, 3.63) is 59.6 Å². The van der Waals surface area contributed by atoms with E-state index in [2.05, 4.69) is 15.7 Å². The summed E-state index contributed by atoms with van der Waals surface area (Å²) in [6, 6.07) is 13.5. The van der Waals surface area contributed by atoms with Gasteiger partial charge in [-0.3, -0.25) is 19.4 Å². The molecule has 2 aliphatic heterocycles. The van der Waals surface area contributed by atoms with E-state index in [-0.39, 0.29) is 6.54 Å². The van der Waals surface area contributed by atoms with Gasteiger partial charge in [-0.2, -0.15) is 5.11 Å². The van der Waals surface area contributed by atoms with Crippen molar-refractivity contribution in [2.45, 2.75) is 12.1 Å². The summed E-state index contributed by atoms with van der Waals surface area (Å²) in [4.78, 5) is 38.8. The quantitative estimate of drug-likeness (QED) is 0.819. The lowest BCUT2D eigenvalue weighted by atomic mass is 10.1. The summed E-state index contributed by atoms with van der Waals surface area (Å²) in [6.45, 7) is -0.225. The van der Waals surface area contributed by atoms with Gasteiger partial charge in [-0.15, -0.1) is 0 Å². The highest BCUT2D eigenvalue weighted by molar-refractivity contribution is 6.33. The first-order valence-corrected chi connectivity index (χ1v) is 8.59. The SMILES string of the molecule is O=C(CN1N=N[C@H]2C(=O)N(c3ccccc3)C(=O)[C@@H]21)Nc1ccccc1Cl. The molecule has 8 nitrogen and oxygen atoms in total. The number of halogens is 1. The third kappa shape index (κ3) is 3.04. The normalized spacial score (nSPS) is 20.9. The fraction of sp³-hybridized carbons (Fsp3) is 0.167. The van der Waals surface area contributed by atoms with Crippen LogP contribution >= 0.6 is 11.6 Å². The molecule has 0 spiro atoms. The Morgan fingerprint density at radius 3 is 2.48 bits per heavy atom. The largest absolute Gasteiger partial charge is 0.323 e. The van der Waals surface area contributed by atoms with Crippen LogP contribution in [0, 0.1) is 0 Å². The summed E-state index contributed by atoms with van der Waals surface area (Å²) in [5.74, 6) is -1.32. The number of benzene rings is 2. The van der Waals surface area contributed by atoms with Gasteiger partial charge in [-0.25, -0.2) is 4.90 Å². The molecule has 0 bridgehead atoms. The third-order valence-corrected chi connectivity index (χ3v) is 4.66. The Morgan fingerprint density at radius 2 is 1.74 bits per heavy atom. The molecule has 2 aromatic rings. The molecule has 0 aliphatic carbocycles. The standard InChI is InChI=1S/C18H14ClN5O3/c19-12-8-4-5-9-13(12)20-14(25)10-23-16-15(21-22-23)17(26)24(18(16)27)11-6-2-1-3-7-11/h1-9,15-16H,10H2,(H,20,25)/t15-,16-/m1/s1. The van der Waals surface area contributed by atoms with Gasteiger partial charge in [0.05, 0.1) is 16.4 Å². The molecule has 2 aromatic carbocycles. The smallest absolute Gasteiger partial charge is 0.263 e. The number of carbonyl (C=O) groups is 3. The molecule has 2 aliphatic rings. The Labute approximate surface area is 159 Å². The zero-order chi connectivity index (χ0) is 19.0. The zero-order valence-electron chi connectivity index (χ0n) is 13.9. The molecule has 0 radical (unpaired) electrons. The summed E-state index contributed by atoms with van der Waals surface area (Å²) in [6.07, 6.45) is 0. The maximum Gasteiger partial charge on any atom is 0.263 e. The van der Waals surface area contributed by atoms with E-state index >= 15 is 0 Å². The minimum atomic E-state index is -0.939. The number of para-hydroxylation sites is 2. The lowest BCUT2D eigenvalue weighted by molar-refractivity contribution is -0.123. The van der Waals surface area contributed by atoms with Crippen LogP contribution in [-0.2, 0) is 14.4 Å². The highest BCUT2D eigenvalue weighted by Crippen LogP contribution is 2.31. The lowest BCUT2D eigenvalue weighted by Gasteiger charge is -2.20. The van der Waals surface area contributed by atoms with Crippen LogP contribution < -0.4 is 10.2 Å². The fourth-order valence-electron chi connectivity index (χ4n) is 3.08. The molecule has 4 rings (SSSR count). The van der Waals surface area contributed by atoms with Crippen molar-refractivity contribution >= 4 is 40.7 Å². The summed E-state index contributed by atoms with van der Waals surface area (Å²) in [7, 11) is 0. The van der Waals surface area contributed by atoms with E-state index in [9.17, 15) is 14.4 Å². The second-order valence-corrected chi connectivity index (χ2v) is 6.47. The lowest BCUT2D eigenvalue weighted by Crippen LogP contribution is -2.43. The number of nitrogens with zero attached hydrogens (tertiary/aromatic N) is 4. The minimum Gasteiger partial charge on any atom is -0.323 e. The number of nitrogens with one attached hydrogen (secondary N) is 1. The number of hydrogen-bond donors (Lipinski definition) is 1. The van der Waals surface area contributed by atoms with E-state index in [0.717, 1.165) is 4.90 Å². The second kappa shape index (κ2) is 6.81. The molecule has 3 amide bonds. The van der Waals surface area contributed by atoms with Gasteiger partial charge in [0.15, 0.2) is 12.1 Å². The molecule has 1 saturated heterocycles. The summed E-state index contributed by atoms with van der Waals surface area (Å²) < 4.78 is 0. The number of hydrogen-bond acceptors (Lipinski definition) is 6. The van der Waals surface area contributed by atoms with E-state index in [1.54, 1.807) is 54.6 Å². The van der Waals surface area contributed by atoms with Crippen molar-refractivity contribution in [3.8, 4) is 0 Å². The van der Waals surface area contributed by atoms with Crippen molar-refractivity contribution in [2.75, 3.05) is 16.8 Å². The molecule has 0 saturated carbocycles. The Kier molecular flexibility index (Phi) is 4.33. The number of amides is 3. The molecule has 9 heteroatoms. The average molecular weight is 384 g/mol. The zero-order valence-corrected chi connectivity index (χ0v) is 14.7.